The maximum absolute atomic E-state index is 11.9. The molecule has 0 radical (unpaired) electrons. The Balaban J connectivity index is 2.07. The lowest BCUT2D eigenvalue weighted by molar-refractivity contribution is -0.503. The van der Waals surface area contributed by atoms with Gasteiger partial charge in [0.05, 0.1) is 0 Å². The molecule has 4 heteroatoms. The van der Waals surface area contributed by atoms with E-state index in [-0.39, 0.29) is 10.7 Å². The molecule has 2 unspecified atom stereocenters. The summed E-state index contributed by atoms with van der Waals surface area (Å²) in [6.45, 7) is 3.53. The van der Waals surface area contributed by atoms with Crippen LogP contribution in [0.15, 0.2) is 36.4 Å². The van der Waals surface area contributed by atoms with Gasteiger partial charge in [0.1, 0.15) is 5.92 Å². The van der Waals surface area contributed by atoms with Crippen LogP contribution in [0.4, 0.5) is 0 Å². The quantitative estimate of drug-likeness (QED) is 0.465. The van der Waals surface area contributed by atoms with Crippen molar-refractivity contribution in [2.75, 3.05) is 0 Å². The summed E-state index contributed by atoms with van der Waals surface area (Å²) in [4.78, 5) is 22.4. The van der Waals surface area contributed by atoms with Crippen LogP contribution in [0.1, 0.15) is 19.4 Å². The highest BCUT2D eigenvalue weighted by molar-refractivity contribution is 5.98. The van der Waals surface area contributed by atoms with Gasteiger partial charge in [0.2, 0.25) is 6.04 Å². The first-order valence-corrected chi connectivity index (χ1v) is 5.85. The average molecular weight is 245 g/mol. The minimum Gasteiger partial charge on any atom is -0.294 e. The molecule has 1 aromatic rings. The summed E-state index contributed by atoms with van der Waals surface area (Å²) in [5, 5.41) is 10.8. The van der Waals surface area contributed by atoms with E-state index in [0.717, 1.165) is 5.56 Å². The summed E-state index contributed by atoms with van der Waals surface area (Å²) in [7, 11) is 0. The smallest absolute Gasteiger partial charge is 0.229 e. The third-order valence-electron chi connectivity index (χ3n) is 3.54. The van der Waals surface area contributed by atoms with Gasteiger partial charge >= 0.3 is 0 Å². The standard InChI is InChI=1S/C14H15NO3/c1-14(2)12(13(14)15(17)18)11(16)9-8-10-6-4-3-5-7-10/h3-9,12-13H,1-2H3. The summed E-state index contributed by atoms with van der Waals surface area (Å²) < 4.78 is 0. The van der Waals surface area contributed by atoms with Gasteiger partial charge in [-0.3, -0.25) is 14.9 Å². The molecule has 0 aliphatic heterocycles. The number of hydrogen-bond donors (Lipinski definition) is 0. The van der Waals surface area contributed by atoms with E-state index in [9.17, 15) is 14.9 Å². The molecular formula is C14H15NO3. The Bertz CT molecular complexity index is 505. The van der Waals surface area contributed by atoms with Crippen LogP contribution in [-0.2, 0) is 4.79 Å². The number of carbonyl (C=O) groups is 1. The molecule has 1 fully saturated rings. The van der Waals surface area contributed by atoms with Crippen LogP contribution < -0.4 is 0 Å². The van der Waals surface area contributed by atoms with Crippen LogP contribution in [-0.4, -0.2) is 16.7 Å². The van der Waals surface area contributed by atoms with E-state index < -0.39 is 17.4 Å². The number of nitro groups is 1. The van der Waals surface area contributed by atoms with Crippen LogP contribution in [0.25, 0.3) is 6.08 Å². The maximum atomic E-state index is 11.9. The lowest BCUT2D eigenvalue weighted by atomic mass is 10.1. The van der Waals surface area contributed by atoms with Gasteiger partial charge in [-0.15, -0.1) is 0 Å². The molecule has 18 heavy (non-hydrogen) atoms. The minimum absolute atomic E-state index is 0.162. The Morgan fingerprint density at radius 2 is 1.94 bits per heavy atom. The van der Waals surface area contributed by atoms with E-state index in [1.54, 1.807) is 19.9 Å². The molecule has 0 N–H and O–H groups in total. The molecule has 0 spiro atoms. The molecule has 4 nitrogen and oxygen atoms in total. The molecule has 0 aromatic heterocycles. The summed E-state index contributed by atoms with van der Waals surface area (Å²) >= 11 is 0. The zero-order chi connectivity index (χ0) is 13.3. The molecule has 94 valence electrons. The number of ketones is 1. The van der Waals surface area contributed by atoms with Crippen molar-refractivity contribution in [2.45, 2.75) is 19.9 Å². The van der Waals surface area contributed by atoms with E-state index >= 15 is 0 Å². The number of allylic oxidation sites excluding steroid dienone is 1. The fraction of sp³-hybridized carbons (Fsp3) is 0.357. The van der Waals surface area contributed by atoms with Crippen molar-refractivity contribution < 1.29 is 9.72 Å². The van der Waals surface area contributed by atoms with Gasteiger partial charge in [0, 0.05) is 10.3 Å². The topological polar surface area (TPSA) is 60.2 Å². The van der Waals surface area contributed by atoms with Gasteiger partial charge in [-0.05, 0) is 11.6 Å². The van der Waals surface area contributed by atoms with Gasteiger partial charge in [0.25, 0.3) is 0 Å². The second kappa shape index (κ2) is 4.37. The van der Waals surface area contributed by atoms with E-state index in [1.165, 1.54) is 6.08 Å². The molecule has 0 heterocycles. The molecule has 2 atom stereocenters. The van der Waals surface area contributed by atoms with Crippen LogP contribution in [0.2, 0.25) is 0 Å². The molecule has 0 amide bonds. The van der Waals surface area contributed by atoms with Crippen molar-refractivity contribution in [3.8, 4) is 0 Å². The first-order valence-electron chi connectivity index (χ1n) is 5.85. The number of nitrogens with zero attached hydrogens (tertiary/aromatic N) is 1. The molecule has 1 aliphatic rings. The number of rotatable bonds is 4. The Morgan fingerprint density at radius 1 is 1.33 bits per heavy atom. The second-order valence-corrected chi connectivity index (χ2v) is 5.18. The van der Waals surface area contributed by atoms with E-state index in [4.69, 9.17) is 0 Å². The minimum atomic E-state index is -0.745. The Kier molecular flexibility index (Phi) is 3.03. The summed E-state index contributed by atoms with van der Waals surface area (Å²) in [5.41, 5.74) is 0.392. The van der Waals surface area contributed by atoms with Crippen LogP contribution >= 0.6 is 0 Å². The highest BCUT2D eigenvalue weighted by Gasteiger charge is 2.70. The maximum Gasteiger partial charge on any atom is 0.229 e. The fourth-order valence-corrected chi connectivity index (χ4v) is 2.37. The van der Waals surface area contributed by atoms with Crippen molar-refractivity contribution in [1.29, 1.82) is 0 Å². The summed E-state index contributed by atoms with van der Waals surface area (Å²) in [5.74, 6) is -0.655. The average Bonchev–Trinajstić information content (AvgIpc) is 2.91. The molecule has 0 saturated heterocycles. The van der Waals surface area contributed by atoms with Crippen molar-refractivity contribution in [3.63, 3.8) is 0 Å². The summed E-state index contributed by atoms with van der Waals surface area (Å²) in [6.07, 6.45) is 3.15. The van der Waals surface area contributed by atoms with Crippen molar-refractivity contribution in [1.82, 2.24) is 0 Å². The van der Waals surface area contributed by atoms with Crippen molar-refractivity contribution in [3.05, 3.63) is 52.1 Å². The molecule has 1 saturated carbocycles. The van der Waals surface area contributed by atoms with E-state index in [2.05, 4.69) is 0 Å². The van der Waals surface area contributed by atoms with Crippen LogP contribution in [0, 0.1) is 21.4 Å². The van der Waals surface area contributed by atoms with Crippen LogP contribution in [0.3, 0.4) is 0 Å². The first kappa shape index (κ1) is 12.5. The highest BCUT2D eigenvalue weighted by Crippen LogP contribution is 2.54. The van der Waals surface area contributed by atoms with Gasteiger partial charge in [-0.1, -0.05) is 50.3 Å². The number of carbonyl (C=O) groups excluding carboxylic acids is 1. The Labute approximate surface area is 105 Å². The SMILES string of the molecule is CC1(C)C(C(=O)C=Cc2ccccc2)C1[N+](=O)[O-]. The highest BCUT2D eigenvalue weighted by atomic mass is 16.6. The van der Waals surface area contributed by atoms with Gasteiger partial charge in [-0.25, -0.2) is 0 Å². The van der Waals surface area contributed by atoms with Crippen LogP contribution in [0.5, 0.6) is 0 Å². The Morgan fingerprint density at radius 3 is 2.44 bits per heavy atom. The predicted molar refractivity (Wildman–Crippen MR) is 68.5 cm³/mol. The molecule has 1 aromatic carbocycles. The third-order valence-corrected chi connectivity index (χ3v) is 3.54. The first-order chi connectivity index (χ1) is 8.44. The van der Waals surface area contributed by atoms with E-state index in [1.807, 2.05) is 30.3 Å². The second-order valence-electron chi connectivity index (χ2n) is 5.18. The summed E-state index contributed by atoms with van der Waals surface area (Å²) in [6, 6.07) is 8.67. The number of benzene rings is 1. The normalized spacial score (nSPS) is 25.0. The van der Waals surface area contributed by atoms with Crippen molar-refractivity contribution >= 4 is 11.9 Å². The number of hydrogen-bond acceptors (Lipinski definition) is 3. The Hall–Kier alpha value is -1.97. The zero-order valence-electron chi connectivity index (χ0n) is 10.4. The van der Waals surface area contributed by atoms with Gasteiger partial charge < -0.3 is 0 Å². The van der Waals surface area contributed by atoms with Gasteiger partial charge in [-0.2, -0.15) is 0 Å². The molecular weight excluding hydrogens is 230 g/mol. The van der Waals surface area contributed by atoms with Crippen molar-refractivity contribution in [2.24, 2.45) is 11.3 Å². The molecule has 1 aliphatic carbocycles. The molecule has 2 rings (SSSR count). The monoisotopic (exact) mass is 245 g/mol. The predicted octanol–water partition coefficient (Wildman–Crippen LogP) is 2.57. The lowest BCUT2D eigenvalue weighted by Crippen LogP contribution is -2.09. The van der Waals surface area contributed by atoms with Gasteiger partial charge in [0.15, 0.2) is 5.78 Å². The third kappa shape index (κ3) is 2.18. The lowest BCUT2D eigenvalue weighted by Gasteiger charge is -1.94. The zero-order valence-corrected chi connectivity index (χ0v) is 10.4. The fourth-order valence-electron chi connectivity index (χ4n) is 2.37. The van der Waals surface area contributed by atoms with E-state index in [0.29, 0.717) is 0 Å². The molecule has 0 bridgehead atoms. The largest absolute Gasteiger partial charge is 0.294 e.